The van der Waals surface area contributed by atoms with Crippen LogP contribution in [0.15, 0.2) is 23.0 Å². The van der Waals surface area contributed by atoms with E-state index < -0.39 is 5.82 Å². The van der Waals surface area contributed by atoms with Crippen molar-refractivity contribution >= 4 is 23.4 Å². The van der Waals surface area contributed by atoms with E-state index in [9.17, 15) is 9.18 Å². The lowest BCUT2D eigenvalue weighted by molar-refractivity contribution is 0.628. The standard InChI is InChI=1S/C12H8ClFN2OS/c13-7-1-6(2-8(14)3-7)11-15-10-5-18-4-9(10)12(17)16-11/h1-3H,4-5H2,(H,15,16,17). The van der Waals surface area contributed by atoms with Gasteiger partial charge in [-0.2, -0.15) is 11.8 Å². The van der Waals surface area contributed by atoms with E-state index in [1.54, 1.807) is 17.8 Å². The predicted molar refractivity (Wildman–Crippen MR) is 70.3 cm³/mol. The summed E-state index contributed by atoms with van der Waals surface area (Å²) in [4.78, 5) is 18.9. The molecule has 1 aliphatic heterocycles. The molecular formula is C12H8ClFN2OS. The van der Waals surface area contributed by atoms with Gasteiger partial charge in [0.15, 0.2) is 0 Å². The quantitative estimate of drug-likeness (QED) is 0.875. The molecule has 6 heteroatoms. The lowest BCUT2D eigenvalue weighted by atomic mass is 10.2. The topological polar surface area (TPSA) is 45.8 Å². The van der Waals surface area contributed by atoms with Gasteiger partial charge in [0, 0.05) is 27.7 Å². The third-order valence-corrected chi connectivity index (χ3v) is 3.91. The fourth-order valence-corrected chi connectivity index (χ4v) is 3.15. The molecule has 0 saturated carbocycles. The highest BCUT2D eigenvalue weighted by molar-refractivity contribution is 7.98. The van der Waals surface area contributed by atoms with Crippen molar-refractivity contribution in [3.63, 3.8) is 0 Å². The molecule has 0 spiro atoms. The predicted octanol–water partition coefficient (Wildman–Crippen LogP) is 2.98. The summed E-state index contributed by atoms with van der Waals surface area (Å²) >= 11 is 7.44. The molecule has 1 N–H and O–H groups in total. The van der Waals surface area contributed by atoms with Crippen LogP contribution >= 0.6 is 23.4 Å². The molecule has 0 atom stereocenters. The molecule has 3 rings (SSSR count). The smallest absolute Gasteiger partial charge is 0.255 e. The number of hydrogen-bond donors (Lipinski definition) is 1. The molecule has 0 amide bonds. The zero-order chi connectivity index (χ0) is 12.7. The summed E-state index contributed by atoms with van der Waals surface area (Å²) in [6.07, 6.45) is 0. The molecule has 92 valence electrons. The zero-order valence-electron chi connectivity index (χ0n) is 9.17. The van der Waals surface area contributed by atoms with E-state index >= 15 is 0 Å². The molecule has 0 aliphatic carbocycles. The van der Waals surface area contributed by atoms with E-state index in [0.717, 1.165) is 11.4 Å². The lowest BCUT2D eigenvalue weighted by Gasteiger charge is -2.04. The summed E-state index contributed by atoms with van der Waals surface area (Å²) in [6.45, 7) is 0. The minimum atomic E-state index is -0.449. The number of aromatic nitrogens is 2. The van der Waals surface area contributed by atoms with Gasteiger partial charge in [-0.15, -0.1) is 0 Å². The van der Waals surface area contributed by atoms with Crippen molar-refractivity contribution in [2.75, 3.05) is 0 Å². The average molecular weight is 283 g/mol. The Bertz CT molecular complexity index is 666. The second-order valence-electron chi connectivity index (χ2n) is 3.99. The number of benzene rings is 1. The number of thioether (sulfide) groups is 1. The largest absolute Gasteiger partial charge is 0.306 e. The summed E-state index contributed by atoms with van der Waals surface area (Å²) in [5, 5.41) is 0.280. The van der Waals surface area contributed by atoms with Crippen LogP contribution in [-0.2, 0) is 11.5 Å². The minimum Gasteiger partial charge on any atom is -0.306 e. The summed E-state index contributed by atoms with van der Waals surface area (Å²) in [5.41, 5.74) is 1.82. The molecule has 0 bridgehead atoms. The van der Waals surface area contributed by atoms with E-state index in [4.69, 9.17) is 11.6 Å². The Morgan fingerprint density at radius 1 is 1.33 bits per heavy atom. The van der Waals surface area contributed by atoms with Gasteiger partial charge in [-0.05, 0) is 18.2 Å². The maximum Gasteiger partial charge on any atom is 0.255 e. The van der Waals surface area contributed by atoms with E-state index in [0.29, 0.717) is 22.7 Å². The molecule has 0 saturated heterocycles. The highest BCUT2D eigenvalue weighted by Crippen LogP contribution is 2.27. The average Bonchev–Trinajstić information content (AvgIpc) is 2.76. The maximum absolute atomic E-state index is 13.3. The summed E-state index contributed by atoms with van der Waals surface area (Å²) < 4.78 is 13.3. The molecule has 2 aromatic rings. The molecule has 1 aromatic carbocycles. The van der Waals surface area contributed by atoms with Crippen molar-refractivity contribution in [2.24, 2.45) is 0 Å². The second-order valence-corrected chi connectivity index (χ2v) is 5.41. The number of halogens is 2. The van der Waals surface area contributed by atoms with Gasteiger partial charge >= 0.3 is 0 Å². The van der Waals surface area contributed by atoms with Crippen LogP contribution in [0.4, 0.5) is 4.39 Å². The van der Waals surface area contributed by atoms with Crippen molar-refractivity contribution in [2.45, 2.75) is 11.5 Å². The minimum absolute atomic E-state index is 0.152. The van der Waals surface area contributed by atoms with Crippen molar-refractivity contribution in [1.82, 2.24) is 9.97 Å². The first-order chi connectivity index (χ1) is 8.63. The molecule has 0 unspecified atom stereocenters. The molecule has 0 radical (unpaired) electrons. The second kappa shape index (κ2) is 4.40. The summed E-state index contributed by atoms with van der Waals surface area (Å²) in [7, 11) is 0. The number of nitrogens with zero attached hydrogens (tertiary/aromatic N) is 1. The van der Waals surface area contributed by atoms with Crippen LogP contribution in [0.1, 0.15) is 11.3 Å². The summed E-state index contributed by atoms with van der Waals surface area (Å²) in [5.74, 6) is 1.31. The Kier molecular flexibility index (Phi) is 2.87. The van der Waals surface area contributed by atoms with Crippen molar-refractivity contribution in [1.29, 1.82) is 0 Å². The normalized spacial score (nSPS) is 13.7. The zero-order valence-corrected chi connectivity index (χ0v) is 10.7. The van der Waals surface area contributed by atoms with Gasteiger partial charge in [0.05, 0.1) is 5.69 Å². The monoisotopic (exact) mass is 282 g/mol. The Morgan fingerprint density at radius 3 is 2.94 bits per heavy atom. The van der Waals surface area contributed by atoms with E-state index in [1.165, 1.54) is 12.1 Å². The van der Waals surface area contributed by atoms with Crippen LogP contribution < -0.4 is 5.56 Å². The van der Waals surface area contributed by atoms with Gasteiger partial charge in [0.2, 0.25) is 0 Å². The van der Waals surface area contributed by atoms with Crippen LogP contribution in [-0.4, -0.2) is 9.97 Å². The van der Waals surface area contributed by atoms with Crippen LogP contribution in [0, 0.1) is 5.82 Å². The molecule has 18 heavy (non-hydrogen) atoms. The number of H-pyrrole nitrogens is 1. The van der Waals surface area contributed by atoms with E-state index in [1.807, 2.05) is 0 Å². The maximum atomic E-state index is 13.3. The molecule has 1 aliphatic rings. The Hall–Kier alpha value is -1.33. The van der Waals surface area contributed by atoms with Gasteiger partial charge < -0.3 is 4.98 Å². The van der Waals surface area contributed by atoms with Gasteiger partial charge in [-0.1, -0.05) is 11.6 Å². The van der Waals surface area contributed by atoms with Gasteiger partial charge in [-0.25, -0.2) is 9.37 Å². The third-order valence-electron chi connectivity index (χ3n) is 2.72. The van der Waals surface area contributed by atoms with Crippen molar-refractivity contribution in [3.05, 3.63) is 50.7 Å². The van der Waals surface area contributed by atoms with E-state index in [-0.39, 0.29) is 10.6 Å². The number of fused-ring (bicyclic) bond motifs is 1. The number of hydrogen-bond acceptors (Lipinski definition) is 3. The Morgan fingerprint density at radius 2 is 2.17 bits per heavy atom. The van der Waals surface area contributed by atoms with Crippen molar-refractivity contribution < 1.29 is 4.39 Å². The SMILES string of the molecule is O=c1[nH]c(-c2cc(F)cc(Cl)c2)nc2c1CSC2. The molecule has 3 nitrogen and oxygen atoms in total. The molecule has 0 fully saturated rings. The molecule has 2 heterocycles. The van der Waals surface area contributed by atoms with Crippen LogP contribution in [0.2, 0.25) is 5.02 Å². The third kappa shape index (κ3) is 2.04. The summed E-state index contributed by atoms with van der Waals surface area (Å²) in [6, 6.07) is 4.10. The van der Waals surface area contributed by atoms with E-state index in [2.05, 4.69) is 9.97 Å². The Labute approximate surface area is 111 Å². The van der Waals surface area contributed by atoms with Crippen molar-refractivity contribution in [3.8, 4) is 11.4 Å². The van der Waals surface area contributed by atoms with Crippen LogP contribution in [0.3, 0.4) is 0 Å². The van der Waals surface area contributed by atoms with Gasteiger partial charge in [-0.3, -0.25) is 4.79 Å². The number of aromatic amines is 1. The molecule has 1 aromatic heterocycles. The highest BCUT2D eigenvalue weighted by atomic mass is 35.5. The highest BCUT2D eigenvalue weighted by Gasteiger charge is 2.18. The fraction of sp³-hybridized carbons (Fsp3) is 0.167. The number of rotatable bonds is 1. The van der Waals surface area contributed by atoms with Gasteiger partial charge in [0.25, 0.3) is 5.56 Å². The first-order valence-electron chi connectivity index (χ1n) is 5.30. The molecular weight excluding hydrogens is 275 g/mol. The fourth-order valence-electron chi connectivity index (χ4n) is 1.89. The number of nitrogens with one attached hydrogen (secondary N) is 1. The van der Waals surface area contributed by atoms with Crippen LogP contribution in [0.5, 0.6) is 0 Å². The lowest BCUT2D eigenvalue weighted by Crippen LogP contribution is -2.15. The Balaban J connectivity index is 2.18. The van der Waals surface area contributed by atoms with Gasteiger partial charge in [0.1, 0.15) is 11.6 Å². The van der Waals surface area contributed by atoms with Crippen LogP contribution in [0.25, 0.3) is 11.4 Å². The first-order valence-corrected chi connectivity index (χ1v) is 6.83. The first kappa shape index (κ1) is 11.7.